The summed E-state index contributed by atoms with van der Waals surface area (Å²) in [6.07, 6.45) is 1.95. The Balaban J connectivity index is 1.48. The number of nitrogens with one attached hydrogen (secondary N) is 1. The van der Waals surface area contributed by atoms with Crippen LogP contribution in [0.1, 0.15) is 24.4 Å². The van der Waals surface area contributed by atoms with Crippen LogP contribution >= 0.6 is 0 Å². The molecule has 1 atom stereocenters. The fourth-order valence-electron chi connectivity index (χ4n) is 3.50. The Morgan fingerprint density at radius 3 is 2.65 bits per heavy atom. The van der Waals surface area contributed by atoms with Crippen LogP contribution in [0, 0.1) is 0 Å². The van der Waals surface area contributed by atoms with E-state index in [2.05, 4.69) is 5.32 Å². The van der Waals surface area contributed by atoms with E-state index in [9.17, 15) is 4.79 Å². The van der Waals surface area contributed by atoms with Crippen molar-refractivity contribution in [3.8, 4) is 17.2 Å². The molecule has 0 unspecified atom stereocenters. The first-order valence-corrected chi connectivity index (χ1v) is 8.86. The number of urea groups is 1. The van der Waals surface area contributed by atoms with Gasteiger partial charge in [0.1, 0.15) is 19.0 Å². The minimum atomic E-state index is -0.0972. The van der Waals surface area contributed by atoms with Gasteiger partial charge in [-0.2, -0.15) is 0 Å². The first kappa shape index (κ1) is 16.6. The second-order valence-corrected chi connectivity index (χ2v) is 6.41. The Kier molecular flexibility index (Phi) is 4.56. The van der Waals surface area contributed by atoms with E-state index in [1.54, 1.807) is 7.11 Å². The third kappa shape index (κ3) is 3.27. The first-order chi connectivity index (χ1) is 12.7. The van der Waals surface area contributed by atoms with Crippen molar-refractivity contribution in [2.24, 2.45) is 0 Å². The molecule has 1 saturated heterocycles. The summed E-state index contributed by atoms with van der Waals surface area (Å²) in [5.74, 6) is 2.20. The number of hydrogen-bond donors (Lipinski definition) is 1. The molecule has 4 rings (SSSR count). The van der Waals surface area contributed by atoms with E-state index in [4.69, 9.17) is 14.2 Å². The van der Waals surface area contributed by atoms with Gasteiger partial charge in [0.2, 0.25) is 0 Å². The number of amides is 2. The number of methoxy groups -OCH3 is 1. The van der Waals surface area contributed by atoms with Crippen molar-refractivity contribution in [2.45, 2.75) is 18.9 Å². The van der Waals surface area contributed by atoms with E-state index in [0.717, 1.165) is 30.7 Å². The Labute approximate surface area is 152 Å². The normalized spacial score (nSPS) is 18.5. The number of hydrogen-bond acceptors (Lipinski definition) is 4. The summed E-state index contributed by atoms with van der Waals surface area (Å²) in [6, 6.07) is 13.4. The van der Waals surface area contributed by atoms with E-state index >= 15 is 0 Å². The van der Waals surface area contributed by atoms with Gasteiger partial charge in [0, 0.05) is 18.3 Å². The summed E-state index contributed by atoms with van der Waals surface area (Å²) in [7, 11) is 1.65. The molecule has 0 aromatic heterocycles. The maximum atomic E-state index is 12.8. The number of anilines is 1. The fourth-order valence-corrected chi connectivity index (χ4v) is 3.50. The van der Waals surface area contributed by atoms with Gasteiger partial charge in [-0.1, -0.05) is 12.1 Å². The van der Waals surface area contributed by atoms with Crippen LogP contribution in [0.15, 0.2) is 42.5 Å². The van der Waals surface area contributed by atoms with Crippen molar-refractivity contribution in [3.05, 3.63) is 48.0 Å². The van der Waals surface area contributed by atoms with Crippen LogP contribution in [0.4, 0.5) is 10.5 Å². The highest BCUT2D eigenvalue weighted by Gasteiger charge is 2.30. The SMILES string of the molecule is COc1ccc([C@@H]2CCCN2C(=O)Nc2ccc3c(c2)OCCO3)cc1. The molecule has 6 nitrogen and oxygen atoms in total. The van der Waals surface area contributed by atoms with E-state index in [1.807, 2.05) is 47.4 Å². The fraction of sp³-hybridized carbons (Fsp3) is 0.350. The average molecular weight is 354 g/mol. The summed E-state index contributed by atoms with van der Waals surface area (Å²) in [4.78, 5) is 14.7. The lowest BCUT2D eigenvalue weighted by Gasteiger charge is -2.26. The van der Waals surface area contributed by atoms with E-state index in [-0.39, 0.29) is 12.1 Å². The zero-order valence-electron chi connectivity index (χ0n) is 14.7. The van der Waals surface area contributed by atoms with Crippen LogP contribution in [-0.2, 0) is 0 Å². The van der Waals surface area contributed by atoms with Gasteiger partial charge in [0.25, 0.3) is 0 Å². The lowest BCUT2D eigenvalue weighted by molar-refractivity contribution is 0.171. The van der Waals surface area contributed by atoms with Gasteiger partial charge in [0.15, 0.2) is 11.5 Å². The predicted molar refractivity (Wildman–Crippen MR) is 98.1 cm³/mol. The molecule has 6 heteroatoms. The molecule has 0 spiro atoms. The highest BCUT2D eigenvalue weighted by molar-refractivity contribution is 5.90. The maximum Gasteiger partial charge on any atom is 0.322 e. The molecule has 2 heterocycles. The molecule has 0 bridgehead atoms. The quantitative estimate of drug-likeness (QED) is 0.910. The molecular weight excluding hydrogens is 332 g/mol. The molecule has 0 saturated carbocycles. The molecule has 2 aliphatic heterocycles. The monoisotopic (exact) mass is 354 g/mol. The minimum Gasteiger partial charge on any atom is -0.497 e. The van der Waals surface area contributed by atoms with Gasteiger partial charge >= 0.3 is 6.03 Å². The second kappa shape index (κ2) is 7.15. The molecule has 136 valence electrons. The highest BCUT2D eigenvalue weighted by Crippen LogP contribution is 2.35. The van der Waals surface area contributed by atoms with Crippen molar-refractivity contribution in [1.82, 2.24) is 4.90 Å². The molecule has 2 amide bonds. The van der Waals surface area contributed by atoms with Gasteiger partial charge in [-0.15, -0.1) is 0 Å². The number of ether oxygens (including phenoxy) is 3. The topological polar surface area (TPSA) is 60.0 Å². The third-order valence-electron chi connectivity index (χ3n) is 4.81. The summed E-state index contributed by atoms with van der Waals surface area (Å²) >= 11 is 0. The van der Waals surface area contributed by atoms with Gasteiger partial charge in [-0.05, 0) is 42.7 Å². The van der Waals surface area contributed by atoms with E-state index < -0.39 is 0 Å². The van der Waals surface area contributed by atoms with Crippen molar-refractivity contribution in [2.75, 3.05) is 32.2 Å². The van der Waals surface area contributed by atoms with Crippen LogP contribution in [-0.4, -0.2) is 37.8 Å². The van der Waals surface area contributed by atoms with Crippen molar-refractivity contribution >= 4 is 11.7 Å². The van der Waals surface area contributed by atoms with Crippen molar-refractivity contribution < 1.29 is 19.0 Å². The third-order valence-corrected chi connectivity index (χ3v) is 4.81. The van der Waals surface area contributed by atoms with Crippen molar-refractivity contribution in [3.63, 3.8) is 0 Å². The average Bonchev–Trinajstić information content (AvgIpc) is 3.18. The molecule has 2 aromatic rings. The van der Waals surface area contributed by atoms with Crippen LogP contribution in [0.5, 0.6) is 17.2 Å². The Morgan fingerprint density at radius 2 is 1.88 bits per heavy atom. The van der Waals surface area contributed by atoms with Gasteiger partial charge in [-0.3, -0.25) is 0 Å². The largest absolute Gasteiger partial charge is 0.497 e. The zero-order valence-corrected chi connectivity index (χ0v) is 14.7. The molecule has 0 radical (unpaired) electrons. The second-order valence-electron chi connectivity index (χ2n) is 6.41. The Hall–Kier alpha value is -2.89. The number of likely N-dealkylation sites (tertiary alicyclic amines) is 1. The minimum absolute atomic E-state index is 0.0816. The smallest absolute Gasteiger partial charge is 0.322 e. The van der Waals surface area contributed by atoms with E-state index in [1.165, 1.54) is 0 Å². The molecule has 1 fully saturated rings. The Bertz CT molecular complexity index is 791. The number of nitrogens with zero attached hydrogens (tertiary/aromatic N) is 1. The molecule has 26 heavy (non-hydrogen) atoms. The van der Waals surface area contributed by atoms with Crippen molar-refractivity contribution in [1.29, 1.82) is 0 Å². The number of benzene rings is 2. The molecule has 2 aromatic carbocycles. The number of rotatable bonds is 3. The summed E-state index contributed by atoms with van der Waals surface area (Å²) in [5.41, 5.74) is 1.83. The number of carbonyl (C=O) groups is 1. The standard InChI is InChI=1S/C20H22N2O4/c1-24-16-7-4-14(5-8-16)17-3-2-10-22(17)20(23)21-15-6-9-18-19(13-15)26-12-11-25-18/h4-9,13,17H,2-3,10-12H2,1H3,(H,21,23)/t17-/m0/s1. The van der Waals surface area contributed by atoms with Crippen LogP contribution < -0.4 is 19.5 Å². The van der Waals surface area contributed by atoms with Gasteiger partial charge in [0.05, 0.1) is 13.2 Å². The predicted octanol–water partition coefficient (Wildman–Crippen LogP) is 3.84. The summed E-state index contributed by atoms with van der Waals surface area (Å²) < 4.78 is 16.3. The molecular formula is C20H22N2O4. The lowest BCUT2D eigenvalue weighted by atomic mass is 10.0. The number of carbonyl (C=O) groups excluding carboxylic acids is 1. The van der Waals surface area contributed by atoms with Crippen LogP contribution in [0.3, 0.4) is 0 Å². The van der Waals surface area contributed by atoms with Gasteiger partial charge in [-0.25, -0.2) is 4.79 Å². The molecule has 2 aliphatic rings. The summed E-state index contributed by atoms with van der Waals surface area (Å²) in [6.45, 7) is 1.82. The van der Waals surface area contributed by atoms with Gasteiger partial charge < -0.3 is 24.4 Å². The van der Waals surface area contributed by atoms with Crippen LogP contribution in [0.25, 0.3) is 0 Å². The zero-order chi connectivity index (χ0) is 17.9. The molecule has 1 N–H and O–H groups in total. The Morgan fingerprint density at radius 1 is 1.12 bits per heavy atom. The van der Waals surface area contributed by atoms with Crippen LogP contribution in [0.2, 0.25) is 0 Å². The van der Waals surface area contributed by atoms with E-state index in [0.29, 0.717) is 30.4 Å². The number of fused-ring (bicyclic) bond motifs is 1. The first-order valence-electron chi connectivity index (χ1n) is 8.86. The highest BCUT2D eigenvalue weighted by atomic mass is 16.6. The molecule has 0 aliphatic carbocycles. The lowest BCUT2D eigenvalue weighted by Crippen LogP contribution is -2.34. The summed E-state index contributed by atoms with van der Waals surface area (Å²) in [5, 5.41) is 2.98. The maximum absolute atomic E-state index is 12.8.